The van der Waals surface area contributed by atoms with Crippen molar-refractivity contribution < 1.29 is 14.3 Å². The van der Waals surface area contributed by atoms with Gasteiger partial charge in [-0.05, 0) is 31.4 Å². The Kier molecular flexibility index (Phi) is 6.33. The fourth-order valence-electron chi connectivity index (χ4n) is 4.47. The summed E-state index contributed by atoms with van der Waals surface area (Å²) in [6.45, 7) is 3.66. The summed E-state index contributed by atoms with van der Waals surface area (Å²) in [5, 5.41) is 2.95. The third kappa shape index (κ3) is 4.54. The van der Waals surface area contributed by atoms with Crippen LogP contribution in [0.5, 0.6) is 5.75 Å². The lowest BCUT2D eigenvalue weighted by Crippen LogP contribution is -2.23. The summed E-state index contributed by atoms with van der Waals surface area (Å²) in [4.78, 5) is 26.2. The Labute approximate surface area is 203 Å². The first kappa shape index (κ1) is 22.8. The fourth-order valence-corrected chi connectivity index (χ4v) is 4.47. The van der Waals surface area contributed by atoms with Gasteiger partial charge in [0.1, 0.15) is 28.6 Å². The van der Waals surface area contributed by atoms with E-state index in [2.05, 4.69) is 15.3 Å². The minimum Gasteiger partial charge on any atom is -0.494 e. The summed E-state index contributed by atoms with van der Waals surface area (Å²) >= 11 is 0. The number of rotatable bonds is 6. The highest BCUT2D eigenvalue weighted by molar-refractivity contribution is 5.96. The van der Waals surface area contributed by atoms with Gasteiger partial charge in [0.2, 0.25) is 0 Å². The minimum absolute atomic E-state index is 0.213. The van der Waals surface area contributed by atoms with E-state index in [4.69, 9.17) is 20.2 Å². The van der Waals surface area contributed by atoms with Crippen molar-refractivity contribution >= 4 is 17.2 Å². The molecule has 3 aromatic heterocycles. The van der Waals surface area contributed by atoms with Gasteiger partial charge < -0.3 is 20.5 Å². The molecule has 0 spiro atoms. The maximum atomic E-state index is 12.7. The number of nitrogen functional groups attached to an aromatic ring is 1. The van der Waals surface area contributed by atoms with Gasteiger partial charge in [-0.25, -0.2) is 9.97 Å². The van der Waals surface area contributed by atoms with Crippen molar-refractivity contribution in [2.24, 2.45) is 0 Å². The first-order valence-electron chi connectivity index (χ1n) is 11.6. The van der Waals surface area contributed by atoms with Gasteiger partial charge >= 0.3 is 0 Å². The number of carbonyl (C=O) groups is 1. The second kappa shape index (κ2) is 9.71. The zero-order valence-corrected chi connectivity index (χ0v) is 19.8. The first-order valence-corrected chi connectivity index (χ1v) is 11.6. The number of pyridine rings is 1. The second-order valence-electron chi connectivity index (χ2n) is 8.67. The maximum absolute atomic E-state index is 12.7. The van der Waals surface area contributed by atoms with Crippen LogP contribution in [0.1, 0.15) is 46.2 Å². The number of hydrogen-bond donors (Lipinski definition) is 2. The Bertz CT molecular complexity index is 1360. The molecular formula is C26H28N6O3. The third-order valence-electron chi connectivity index (χ3n) is 6.28. The number of hydrogen-bond acceptors (Lipinski definition) is 7. The van der Waals surface area contributed by atoms with Crippen molar-refractivity contribution in [3.8, 4) is 17.0 Å². The molecule has 9 nitrogen and oxygen atoms in total. The molecule has 1 aromatic carbocycles. The van der Waals surface area contributed by atoms with Crippen LogP contribution in [0.15, 0.2) is 48.9 Å². The Morgan fingerprint density at radius 2 is 2.11 bits per heavy atom. The summed E-state index contributed by atoms with van der Waals surface area (Å²) < 4.78 is 13.0. The van der Waals surface area contributed by atoms with E-state index in [1.807, 2.05) is 41.8 Å². The van der Waals surface area contributed by atoms with Gasteiger partial charge in [-0.2, -0.15) is 0 Å². The Balaban J connectivity index is 1.38. The Hall–Kier alpha value is -3.98. The number of aromatic nitrogens is 4. The van der Waals surface area contributed by atoms with Crippen LogP contribution < -0.4 is 15.8 Å². The van der Waals surface area contributed by atoms with Crippen LogP contribution in [-0.4, -0.2) is 45.6 Å². The average Bonchev–Trinajstić information content (AvgIpc) is 3.29. The predicted octanol–water partition coefficient (Wildman–Crippen LogP) is 3.51. The number of benzene rings is 1. The fraction of sp³-hybridized carbons (Fsp3) is 0.308. The summed E-state index contributed by atoms with van der Waals surface area (Å²) in [6.07, 6.45) is 7.21. The number of nitrogens with one attached hydrogen (secondary N) is 1. The number of ether oxygens (including phenoxy) is 2. The molecule has 35 heavy (non-hydrogen) atoms. The van der Waals surface area contributed by atoms with Crippen LogP contribution in [-0.2, 0) is 11.3 Å². The SMILES string of the molecule is COc1cnc(C)cc1C(=O)NCc1ccc(-c2nc(C3CCCOC3)n3ccnc(N)c23)cc1. The highest BCUT2D eigenvalue weighted by Gasteiger charge is 2.24. The molecule has 1 fully saturated rings. The van der Waals surface area contributed by atoms with E-state index >= 15 is 0 Å². The number of fused-ring (bicyclic) bond motifs is 1. The van der Waals surface area contributed by atoms with Crippen LogP contribution >= 0.6 is 0 Å². The van der Waals surface area contributed by atoms with Crippen LogP contribution in [0.2, 0.25) is 0 Å². The minimum atomic E-state index is -0.213. The van der Waals surface area contributed by atoms with Crippen LogP contribution in [0.25, 0.3) is 16.8 Å². The van der Waals surface area contributed by atoms with E-state index in [1.54, 1.807) is 18.5 Å². The molecule has 0 bridgehead atoms. The zero-order valence-electron chi connectivity index (χ0n) is 19.8. The van der Waals surface area contributed by atoms with Crippen molar-refractivity contribution in [3.05, 3.63) is 71.6 Å². The van der Waals surface area contributed by atoms with E-state index in [1.165, 1.54) is 7.11 Å². The lowest BCUT2D eigenvalue weighted by atomic mass is 10.0. The smallest absolute Gasteiger partial charge is 0.255 e. The molecule has 1 unspecified atom stereocenters. The van der Waals surface area contributed by atoms with Gasteiger partial charge in [-0.1, -0.05) is 24.3 Å². The number of imidazole rings is 1. The zero-order chi connectivity index (χ0) is 24.4. The number of aryl methyl sites for hydroxylation is 1. The van der Waals surface area contributed by atoms with Crippen molar-refractivity contribution in [1.82, 2.24) is 24.7 Å². The molecule has 1 amide bonds. The molecule has 4 heterocycles. The number of carbonyl (C=O) groups excluding carboxylic acids is 1. The quantitative estimate of drug-likeness (QED) is 0.441. The summed E-state index contributed by atoms with van der Waals surface area (Å²) in [7, 11) is 1.52. The highest BCUT2D eigenvalue weighted by atomic mass is 16.5. The highest BCUT2D eigenvalue weighted by Crippen LogP contribution is 2.33. The number of nitrogens with two attached hydrogens (primary N) is 1. The van der Waals surface area contributed by atoms with Gasteiger partial charge in [-0.15, -0.1) is 0 Å². The van der Waals surface area contributed by atoms with Crippen molar-refractivity contribution in [1.29, 1.82) is 0 Å². The lowest BCUT2D eigenvalue weighted by Gasteiger charge is -2.20. The second-order valence-corrected chi connectivity index (χ2v) is 8.67. The number of nitrogens with zero attached hydrogens (tertiary/aromatic N) is 4. The van der Waals surface area contributed by atoms with E-state index in [9.17, 15) is 4.79 Å². The van der Waals surface area contributed by atoms with E-state index in [0.717, 1.165) is 53.3 Å². The maximum Gasteiger partial charge on any atom is 0.255 e. The average molecular weight is 473 g/mol. The van der Waals surface area contributed by atoms with Crippen LogP contribution in [0.3, 0.4) is 0 Å². The standard InChI is InChI=1S/C26H28N6O3/c1-16-12-20(21(34-2)14-29-16)26(33)30-13-17-5-7-18(8-6-17)22-23-24(27)28-9-10-32(23)25(31-22)19-4-3-11-35-15-19/h5-10,12,14,19H,3-4,11,13,15H2,1-2H3,(H2,27,28)(H,30,33). The first-order chi connectivity index (χ1) is 17.0. The van der Waals surface area contributed by atoms with Crippen molar-refractivity contribution in [2.75, 3.05) is 26.1 Å². The van der Waals surface area contributed by atoms with Crippen molar-refractivity contribution in [3.63, 3.8) is 0 Å². The van der Waals surface area contributed by atoms with Crippen LogP contribution in [0, 0.1) is 6.92 Å². The molecule has 3 N–H and O–H groups in total. The van der Waals surface area contributed by atoms with Crippen molar-refractivity contribution in [2.45, 2.75) is 32.2 Å². The summed E-state index contributed by atoms with van der Waals surface area (Å²) in [6, 6.07) is 9.66. The van der Waals surface area contributed by atoms with Gasteiger partial charge in [0.05, 0.1) is 25.5 Å². The predicted molar refractivity (Wildman–Crippen MR) is 132 cm³/mol. The largest absolute Gasteiger partial charge is 0.494 e. The van der Waals surface area contributed by atoms with Gasteiger partial charge in [0, 0.05) is 42.7 Å². The number of anilines is 1. The number of amides is 1. The summed E-state index contributed by atoms with van der Waals surface area (Å²) in [5.41, 5.74) is 11.0. The topological polar surface area (TPSA) is 117 Å². The Morgan fingerprint density at radius 3 is 2.86 bits per heavy atom. The molecule has 0 aliphatic carbocycles. The molecule has 1 aliphatic heterocycles. The normalized spacial score (nSPS) is 15.8. The van der Waals surface area contributed by atoms with Gasteiger partial charge in [-0.3, -0.25) is 14.2 Å². The molecule has 1 atom stereocenters. The summed E-state index contributed by atoms with van der Waals surface area (Å²) in [5.74, 6) is 1.84. The molecule has 0 saturated carbocycles. The van der Waals surface area contributed by atoms with E-state index < -0.39 is 0 Å². The van der Waals surface area contributed by atoms with Gasteiger partial charge in [0.25, 0.3) is 5.91 Å². The Morgan fingerprint density at radius 1 is 1.29 bits per heavy atom. The molecule has 180 valence electrons. The van der Waals surface area contributed by atoms with E-state index in [-0.39, 0.29) is 11.8 Å². The van der Waals surface area contributed by atoms with E-state index in [0.29, 0.717) is 30.3 Å². The number of methoxy groups -OCH3 is 1. The monoisotopic (exact) mass is 472 g/mol. The lowest BCUT2D eigenvalue weighted by molar-refractivity contribution is 0.0779. The molecule has 5 rings (SSSR count). The third-order valence-corrected chi connectivity index (χ3v) is 6.28. The molecule has 1 aliphatic rings. The molecule has 4 aromatic rings. The molecule has 9 heteroatoms. The molecular weight excluding hydrogens is 444 g/mol. The molecule has 1 saturated heterocycles. The van der Waals surface area contributed by atoms with Gasteiger partial charge in [0.15, 0.2) is 0 Å². The van der Waals surface area contributed by atoms with Crippen LogP contribution in [0.4, 0.5) is 5.82 Å². The molecule has 0 radical (unpaired) electrons.